The van der Waals surface area contributed by atoms with Crippen molar-refractivity contribution in [2.45, 2.75) is 19.4 Å². The lowest BCUT2D eigenvalue weighted by atomic mass is 10.1. The summed E-state index contributed by atoms with van der Waals surface area (Å²) in [6, 6.07) is 15.9. The van der Waals surface area contributed by atoms with Crippen molar-refractivity contribution in [3.8, 4) is 5.75 Å². The van der Waals surface area contributed by atoms with Crippen LogP contribution in [0.3, 0.4) is 0 Å². The zero-order valence-corrected chi connectivity index (χ0v) is 12.2. The smallest absolute Gasteiger partial charge is 0.119 e. The van der Waals surface area contributed by atoms with Crippen LogP contribution < -0.4 is 9.64 Å². The Balaban J connectivity index is 2.17. The van der Waals surface area contributed by atoms with E-state index in [0.29, 0.717) is 0 Å². The van der Waals surface area contributed by atoms with Crippen LogP contribution in [0.25, 0.3) is 0 Å². The molecule has 0 unspecified atom stereocenters. The molecule has 0 saturated carbocycles. The lowest BCUT2D eigenvalue weighted by molar-refractivity contribution is 0.173. The highest BCUT2D eigenvalue weighted by molar-refractivity contribution is 5.63. The summed E-state index contributed by atoms with van der Waals surface area (Å²) in [5.74, 6) is 0.851. The van der Waals surface area contributed by atoms with Crippen molar-refractivity contribution in [1.82, 2.24) is 0 Å². The van der Waals surface area contributed by atoms with Crippen molar-refractivity contribution in [2.24, 2.45) is 0 Å². The summed E-state index contributed by atoms with van der Waals surface area (Å²) in [6.45, 7) is 1.97. The Morgan fingerprint density at radius 3 is 1.95 bits per heavy atom. The fraction of sp³-hybridized carbons (Fsp3) is 0.294. The van der Waals surface area contributed by atoms with E-state index in [9.17, 15) is 5.11 Å². The Hall–Kier alpha value is -2.00. The highest BCUT2D eigenvalue weighted by Crippen LogP contribution is 2.27. The molecule has 0 bridgehead atoms. The molecule has 2 aromatic rings. The van der Waals surface area contributed by atoms with Gasteiger partial charge in [0.2, 0.25) is 0 Å². The average Bonchev–Trinajstić information content (AvgIpc) is 2.53. The van der Waals surface area contributed by atoms with Crippen LogP contribution in [-0.2, 0) is 0 Å². The Kier molecular flexibility index (Phi) is 4.64. The zero-order chi connectivity index (χ0) is 14.5. The molecule has 0 aliphatic heterocycles. The zero-order valence-electron chi connectivity index (χ0n) is 12.2. The number of methoxy groups -OCH3 is 1. The minimum Gasteiger partial charge on any atom is -0.497 e. The van der Waals surface area contributed by atoms with Crippen molar-refractivity contribution in [3.63, 3.8) is 0 Å². The molecule has 0 saturated heterocycles. The molecule has 1 atom stereocenters. The summed E-state index contributed by atoms with van der Waals surface area (Å²) >= 11 is 0. The first-order valence-corrected chi connectivity index (χ1v) is 6.81. The number of anilines is 2. The minimum absolute atomic E-state index is 0.379. The summed E-state index contributed by atoms with van der Waals surface area (Å²) in [5, 5.41) is 9.81. The van der Waals surface area contributed by atoms with Crippen molar-refractivity contribution in [3.05, 3.63) is 54.1 Å². The van der Waals surface area contributed by atoms with Gasteiger partial charge in [-0.3, -0.25) is 0 Å². The van der Waals surface area contributed by atoms with Gasteiger partial charge in [-0.25, -0.2) is 0 Å². The molecule has 0 aliphatic rings. The summed E-state index contributed by atoms with van der Waals surface area (Å²) < 4.78 is 5.16. The van der Waals surface area contributed by atoms with Gasteiger partial charge in [0.05, 0.1) is 13.2 Å². The summed E-state index contributed by atoms with van der Waals surface area (Å²) in [6.07, 6.45) is 0.351. The molecular weight excluding hydrogens is 250 g/mol. The van der Waals surface area contributed by atoms with Gasteiger partial charge in [0.15, 0.2) is 0 Å². The molecule has 0 aliphatic carbocycles. The van der Waals surface area contributed by atoms with E-state index in [1.54, 1.807) is 7.11 Å². The van der Waals surface area contributed by atoms with Gasteiger partial charge < -0.3 is 14.7 Å². The molecule has 106 valence electrons. The predicted octanol–water partition coefficient (Wildman–Crippen LogP) is 3.91. The summed E-state index contributed by atoms with van der Waals surface area (Å²) in [7, 11) is 3.68. The first-order valence-electron chi connectivity index (χ1n) is 6.81. The Labute approximate surface area is 120 Å². The van der Waals surface area contributed by atoms with Crippen molar-refractivity contribution in [2.75, 3.05) is 19.1 Å². The minimum atomic E-state index is -0.379. The number of hydrogen-bond acceptors (Lipinski definition) is 3. The third kappa shape index (κ3) is 3.11. The maximum atomic E-state index is 9.81. The Morgan fingerprint density at radius 1 is 1.00 bits per heavy atom. The lowest BCUT2D eigenvalue weighted by Gasteiger charge is -2.20. The van der Waals surface area contributed by atoms with Gasteiger partial charge in [0.1, 0.15) is 5.75 Å². The maximum absolute atomic E-state index is 9.81. The van der Waals surface area contributed by atoms with Crippen molar-refractivity contribution in [1.29, 1.82) is 0 Å². The van der Waals surface area contributed by atoms with Gasteiger partial charge in [0.25, 0.3) is 0 Å². The quantitative estimate of drug-likeness (QED) is 0.895. The van der Waals surface area contributed by atoms with Gasteiger partial charge in [0, 0.05) is 18.4 Å². The number of ether oxygens (including phenoxy) is 1. The van der Waals surface area contributed by atoms with Gasteiger partial charge in [-0.15, -0.1) is 0 Å². The molecule has 20 heavy (non-hydrogen) atoms. The number of rotatable bonds is 5. The third-order valence-corrected chi connectivity index (χ3v) is 3.51. The molecule has 0 amide bonds. The second kappa shape index (κ2) is 6.44. The molecule has 2 rings (SSSR count). The number of aliphatic hydroxyl groups excluding tert-OH is 1. The monoisotopic (exact) mass is 271 g/mol. The third-order valence-electron chi connectivity index (χ3n) is 3.51. The molecule has 3 heteroatoms. The highest BCUT2D eigenvalue weighted by Gasteiger charge is 2.07. The molecule has 3 nitrogen and oxygen atoms in total. The SMILES string of the molecule is CC[C@H](O)c1ccc(N(C)c2ccc(OC)cc2)cc1. The van der Waals surface area contributed by atoms with Crippen LogP contribution >= 0.6 is 0 Å². The van der Waals surface area contributed by atoms with Crippen LogP contribution in [0, 0.1) is 0 Å². The van der Waals surface area contributed by atoms with Crippen LogP contribution in [0.4, 0.5) is 11.4 Å². The van der Waals surface area contributed by atoms with Crippen LogP contribution in [-0.4, -0.2) is 19.3 Å². The number of benzene rings is 2. The fourth-order valence-corrected chi connectivity index (χ4v) is 2.11. The van der Waals surface area contributed by atoms with Gasteiger partial charge in [-0.05, 0) is 48.4 Å². The van der Waals surface area contributed by atoms with E-state index in [2.05, 4.69) is 4.90 Å². The van der Waals surface area contributed by atoms with Crippen LogP contribution in [0.5, 0.6) is 5.75 Å². The summed E-state index contributed by atoms with van der Waals surface area (Å²) in [4.78, 5) is 2.10. The maximum Gasteiger partial charge on any atom is 0.119 e. The molecule has 0 radical (unpaired) electrons. The molecule has 0 fully saturated rings. The average molecular weight is 271 g/mol. The van der Waals surface area contributed by atoms with E-state index < -0.39 is 0 Å². The number of nitrogens with zero attached hydrogens (tertiary/aromatic N) is 1. The van der Waals surface area contributed by atoms with Gasteiger partial charge in [-0.2, -0.15) is 0 Å². The van der Waals surface area contributed by atoms with Crippen LogP contribution in [0.2, 0.25) is 0 Å². The first kappa shape index (κ1) is 14.4. The normalized spacial score (nSPS) is 12.0. The molecule has 2 aromatic carbocycles. The van der Waals surface area contributed by atoms with Gasteiger partial charge >= 0.3 is 0 Å². The van der Waals surface area contributed by atoms with E-state index in [0.717, 1.165) is 29.1 Å². The second-order valence-corrected chi connectivity index (χ2v) is 4.77. The molecule has 0 aromatic heterocycles. The molecule has 0 heterocycles. The second-order valence-electron chi connectivity index (χ2n) is 4.77. The molecule has 0 spiro atoms. The number of hydrogen-bond donors (Lipinski definition) is 1. The van der Waals surface area contributed by atoms with E-state index in [4.69, 9.17) is 4.74 Å². The highest BCUT2D eigenvalue weighted by atomic mass is 16.5. The molecule has 1 N–H and O–H groups in total. The molecular formula is C17H21NO2. The van der Waals surface area contributed by atoms with Crippen LogP contribution in [0.1, 0.15) is 25.0 Å². The van der Waals surface area contributed by atoms with Crippen molar-refractivity contribution < 1.29 is 9.84 Å². The van der Waals surface area contributed by atoms with Gasteiger partial charge in [-0.1, -0.05) is 19.1 Å². The number of aliphatic hydroxyl groups is 1. The van der Waals surface area contributed by atoms with E-state index in [-0.39, 0.29) is 6.10 Å². The Bertz CT molecular complexity index is 534. The predicted molar refractivity (Wildman–Crippen MR) is 82.7 cm³/mol. The topological polar surface area (TPSA) is 32.7 Å². The largest absolute Gasteiger partial charge is 0.497 e. The lowest BCUT2D eigenvalue weighted by Crippen LogP contribution is -2.09. The van der Waals surface area contributed by atoms with E-state index >= 15 is 0 Å². The fourth-order valence-electron chi connectivity index (χ4n) is 2.11. The standard InChI is InChI=1S/C17H21NO2/c1-4-17(19)13-5-7-14(8-6-13)18(2)15-9-11-16(20-3)12-10-15/h5-12,17,19H,4H2,1-3H3/t17-/m0/s1. The van der Waals surface area contributed by atoms with Crippen LogP contribution in [0.15, 0.2) is 48.5 Å². The van der Waals surface area contributed by atoms with E-state index in [1.165, 1.54) is 0 Å². The van der Waals surface area contributed by atoms with Crippen molar-refractivity contribution >= 4 is 11.4 Å². The van der Waals surface area contributed by atoms with E-state index in [1.807, 2.05) is 62.5 Å². The summed E-state index contributed by atoms with van der Waals surface area (Å²) in [5.41, 5.74) is 3.14. The Morgan fingerprint density at radius 2 is 1.50 bits per heavy atom. The first-order chi connectivity index (χ1) is 9.65.